The molecule has 0 aliphatic heterocycles. The fraction of sp³-hybridized carbons (Fsp3) is 0.318. The Morgan fingerprint density at radius 2 is 1.71 bits per heavy atom. The summed E-state index contributed by atoms with van der Waals surface area (Å²) in [7, 11) is 0. The number of hydrogen-bond donors (Lipinski definition) is 1. The number of nitrogens with one attached hydrogen (secondary N) is 1. The first kappa shape index (κ1) is 20.1. The van der Waals surface area contributed by atoms with E-state index in [1.807, 2.05) is 55.5 Å². The Labute approximate surface area is 170 Å². The molecule has 2 aromatic carbocycles. The van der Waals surface area contributed by atoms with Crippen molar-refractivity contribution in [1.82, 2.24) is 9.97 Å². The standard InChI is InChI=1S/C22H26N4OS/c1-5-26(15(2)3)18-12-10-17(11-13-18)24-21(27)14-28-22-16(4)23-19-8-6-7-9-20(19)25-22/h6-13,15H,5,14H2,1-4H3,(H,24,27). The maximum Gasteiger partial charge on any atom is 0.234 e. The number of carbonyl (C=O) groups excluding carboxylic acids is 1. The second-order valence-corrected chi connectivity index (χ2v) is 7.83. The first-order valence-corrected chi connectivity index (χ1v) is 10.5. The first-order valence-electron chi connectivity index (χ1n) is 9.50. The van der Waals surface area contributed by atoms with Crippen LogP contribution in [-0.4, -0.2) is 34.2 Å². The van der Waals surface area contributed by atoms with E-state index in [1.54, 1.807) is 0 Å². The number of fused-ring (bicyclic) bond motifs is 1. The van der Waals surface area contributed by atoms with Gasteiger partial charge in [-0.1, -0.05) is 23.9 Å². The minimum Gasteiger partial charge on any atom is -0.369 e. The zero-order valence-electron chi connectivity index (χ0n) is 16.8. The summed E-state index contributed by atoms with van der Waals surface area (Å²) in [4.78, 5) is 23.9. The largest absolute Gasteiger partial charge is 0.369 e. The van der Waals surface area contributed by atoms with Crippen molar-refractivity contribution in [3.63, 3.8) is 0 Å². The highest BCUT2D eigenvalue weighted by Gasteiger charge is 2.11. The van der Waals surface area contributed by atoms with Gasteiger partial charge in [-0.05, 0) is 64.1 Å². The van der Waals surface area contributed by atoms with E-state index >= 15 is 0 Å². The highest BCUT2D eigenvalue weighted by molar-refractivity contribution is 8.00. The van der Waals surface area contributed by atoms with Crippen molar-refractivity contribution in [3.8, 4) is 0 Å². The molecule has 6 heteroatoms. The molecule has 3 aromatic rings. The van der Waals surface area contributed by atoms with Crippen LogP contribution in [0.3, 0.4) is 0 Å². The summed E-state index contributed by atoms with van der Waals surface area (Å²) in [5.74, 6) is 0.242. The monoisotopic (exact) mass is 394 g/mol. The van der Waals surface area contributed by atoms with Crippen molar-refractivity contribution < 1.29 is 4.79 Å². The molecule has 5 nitrogen and oxygen atoms in total. The molecular weight excluding hydrogens is 368 g/mol. The SMILES string of the molecule is CCN(c1ccc(NC(=O)CSc2nc3ccccc3nc2C)cc1)C(C)C. The van der Waals surface area contributed by atoms with E-state index in [1.165, 1.54) is 11.8 Å². The number of para-hydroxylation sites is 2. The third kappa shape index (κ3) is 4.81. The Bertz CT molecular complexity index is 956. The molecule has 146 valence electrons. The summed E-state index contributed by atoms with van der Waals surface area (Å²) < 4.78 is 0. The molecule has 3 rings (SSSR count). The number of aromatic nitrogens is 2. The summed E-state index contributed by atoms with van der Waals surface area (Å²) >= 11 is 1.41. The zero-order chi connectivity index (χ0) is 20.1. The maximum absolute atomic E-state index is 12.4. The number of hydrogen-bond acceptors (Lipinski definition) is 5. The predicted octanol–water partition coefficient (Wildman–Crippen LogP) is 4.90. The van der Waals surface area contributed by atoms with Gasteiger partial charge in [-0.15, -0.1) is 0 Å². The number of nitrogens with zero attached hydrogens (tertiary/aromatic N) is 3. The molecule has 0 atom stereocenters. The smallest absolute Gasteiger partial charge is 0.234 e. The molecule has 0 aliphatic rings. The lowest BCUT2D eigenvalue weighted by Gasteiger charge is -2.27. The number of anilines is 2. The molecule has 0 aliphatic carbocycles. The number of thioether (sulfide) groups is 1. The van der Waals surface area contributed by atoms with Crippen LogP contribution in [0.25, 0.3) is 11.0 Å². The first-order chi connectivity index (χ1) is 13.5. The molecule has 0 fully saturated rings. The Morgan fingerprint density at radius 1 is 1.07 bits per heavy atom. The van der Waals surface area contributed by atoms with Crippen LogP contribution < -0.4 is 10.2 Å². The molecule has 1 N–H and O–H groups in total. The molecule has 0 saturated carbocycles. The Balaban J connectivity index is 1.61. The highest BCUT2D eigenvalue weighted by atomic mass is 32.2. The topological polar surface area (TPSA) is 58.1 Å². The van der Waals surface area contributed by atoms with Gasteiger partial charge in [-0.2, -0.15) is 0 Å². The summed E-state index contributed by atoms with van der Waals surface area (Å²) in [6.45, 7) is 9.37. The van der Waals surface area contributed by atoms with Gasteiger partial charge in [-0.3, -0.25) is 4.79 Å². The Morgan fingerprint density at radius 3 is 2.32 bits per heavy atom. The Kier molecular flexibility index (Phi) is 6.52. The normalized spacial score (nSPS) is 11.0. The number of rotatable bonds is 7. The molecule has 1 aromatic heterocycles. The quantitative estimate of drug-likeness (QED) is 0.577. The van der Waals surface area contributed by atoms with Crippen molar-refractivity contribution in [3.05, 3.63) is 54.2 Å². The van der Waals surface area contributed by atoms with Crippen LogP contribution in [0, 0.1) is 6.92 Å². The van der Waals surface area contributed by atoms with Crippen molar-refractivity contribution in [2.24, 2.45) is 0 Å². The molecular formula is C22H26N4OS. The lowest BCUT2D eigenvalue weighted by atomic mass is 10.2. The molecule has 0 spiro atoms. The minimum absolute atomic E-state index is 0.0525. The summed E-state index contributed by atoms with van der Waals surface area (Å²) in [6.07, 6.45) is 0. The highest BCUT2D eigenvalue weighted by Crippen LogP contribution is 2.23. The maximum atomic E-state index is 12.4. The summed E-state index contributed by atoms with van der Waals surface area (Å²) in [5, 5.41) is 3.75. The average Bonchev–Trinajstić information content (AvgIpc) is 2.68. The van der Waals surface area contributed by atoms with E-state index in [-0.39, 0.29) is 5.91 Å². The summed E-state index contributed by atoms with van der Waals surface area (Å²) in [5.41, 5.74) is 4.52. The van der Waals surface area contributed by atoms with Crippen molar-refractivity contribution in [2.75, 3.05) is 22.5 Å². The van der Waals surface area contributed by atoms with E-state index in [4.69, 9.17) is 0 Å². The predicted molar refractivity (Wildman–Crippen MR) is 118 cm³/mol. The van der Waals surface area contributed by atoms with Gasteiger partial charge in [0.25, 0.3) is 0 Å². The van der Waals surface area contributed by atoms with Gasteiger partial charge < -0.3 is 10.2 Å². The van der Waals surface area contributed by atoms with Crippen LogP contribution in [-0.2, 0) is 4.79 Å². The molecule has 0 radical (unpaired) electrons. The fourth-order valence-corrected chi connectivity index (χ4v) is 3.88. The third-order valence-corrected chi connectivity index (χ3v) is 5.55. The van der Waals surface area contributed by atoms with Crippen molar-refractivity contribution in [1.29, 1.82) is 0 Å². The number of amides is 1. The second-order valence-electron chi connectivity index (χ2n) is 6.87. The van der Waals surface area contributed by atoms with Gasteiger partial charge >= 0.3 is 0 Å². The van der Waals surface area contributed by atoms with Gasteiger partial charge in [0.1, 0.15) is 5.03 Å². The molecule has 0 unspecified atom stereocenters. The Hall–Kier alpha value is -2.60. The van der Waals surface area contributed by atoms with Crippen molar-refractivity contribution in [2.45, 2.75) is 38.8 Å². The van der Waals surface area contributed by atoms with Gasteiger partial charge in [0, 0.05) is 24.0 Å². The van der Waals surface area contributed by atoms with E-state index < -0.39 is 0 Å². The van der Waals surface area contributed by atoms with Crippen LogP contribution in [0.4, 0.5) is 11.4 Å². The average molecular weight is 395 g/mol. The molecule has 0 saturated heterocycles. The van der Waals surface area contributed by atoms with E-state index in [0.717, 1.165) is 39.7 Å². The fourth-order valence-electron chi connectivity index (χ4n) is 3.12. The molecule has 1 heterocycles. The molecule has 28 heavy (non-hydrogen) atoms. The van der Waals surface area contributed by atoms with Gasteiger partial charge in [0.15, 0.2) is 0 Å². The number of benzene rings is 2. The zero-order valence-corrected chi connectivity index (χ0v) is 17.6. The molecule has 0 bridgehead atoms. The van der Waals surface area contributed by atoms with Crippen LogP contribution in [0.1, 0.15) is 26.5 Å². The number of carbonyl (C=O) groups is 1. The third-order valence-electron chi connectivity index (χ3n) is 4.49. The van der Waals surface area contributed by atoms with Crippen LogP contribution >= 0.6 is 11.8 Å². The lowest BCUT2D eigenvalue weighted by molar-refractivity contribution is -0.113. The second kappa shape index (κ2) is 9.06. The van der Waals surface area contributed by atoms with Gasteiger partial charge in [-0.25, -0.2) is 9.97 Å². The van der Waals surface area contributed by atoms with E-state index in [0.29, 0.717) is 11.8 Å². The van der Waals surface area contributed by atoms with Crippen LogP contribution in [0.5, 0.6) is 0 Å². The van der Waals surface area contributed by atoms with E-state index in [2.05, 4.69) is 41.0 Å². The summed E-state index contributed by atoms with van der Waals surface area (Å²) in [6, 6.07) is 16.2. The van der Waals surface area contributed by atoms with E-state index in [9.17, 15) is 4.79 Å². The van der Waals surface area contributed by atoms with Crippen LogP contribution in [0.15, 0.2) is 53.6 Å². The van der Waals surface area contributed by atoms with Gasteiger partial charge in [0.2, 0.25) is 5.91 Å². The minimum atomic E-state index is -0.0525. The lowest BCUT2D eigenvalue weighted by Crippen LogP contribution is -2.30. The van der Waals surface area contributed by atoms with Crippen molar-refractivity contribution >= 4 is 40.1 Å². The number of aryl methyl sites for hydroxylation is 1. The van der Waals surface area contributed by atoms with Gasteiger partial charge in [0.05, 0.1) is 22.5 Å². The van der Waals surface area contributed by atoms with Crippen LogP contribution in [0.2, 0.25) is 0 Å². The molecule has 1 amide bonds.